The van der Waals surface area contributed by atoms with Crippen LogP contribution >= 0.6 is 31.9 Å². The van der Waals surface area contributed by atoms with Gasteiger partial charge in [0.25, 0.3) is 0 Å². The standard InChI is InChI=1S/C10H10Br2O2/c1-6-8(10(13)14)3-2-7(4-5-11)9(6)12/h2-3H,4-5H2,1H3,(H,13,14). The highest BCUT2D eigenvalue weighted by atomic mass is 79.9. The molecule has 1 aromatic carbocycles. The molecule has 0 atom stereocenters. The number of hydrogen-bond donors (Lipinski definition) is 1. The van der Waals surface area contributed by atoms with Crippen LogP contribution in [0.25, 0.3) is 0 Å². The molecule has 0 unspecified atom stereocenters. The van der Waals surface area contributed by atoms with Crippen molar-refractivity contribution in [1.82, 2.24) is 0 Å². The number of carbonyl (C=O) groups is 1. The van der Waals surface area contributed by atoms with Crippen molar-refractivity contribution in [3.05, 3.63) is 33.3 Å². The highest BCUT2D eigenvalue weighted by molar-refractivity contribution is 9.10. The molecule has 0 spiro atoms. The number of benzene rings is 1. The second kappa shape index (κ2) is 4.94. The van der Waals surface area contributed by atoms with E-state index in [0.717, 1.165) is 27.4 Å². The summed E-state index contributed by atoms with van der Waals surface area (Å²) in [5.74, 6) is -0.881. The van der Waals surface area contributed by atoms with Crippen molar-refractivity contribution in [2.75, 3.05) is 5.33 Å². The molecule has 0 aliphatic carbocycles. The Morgan fingerprint density at radius 2 is 2.14 bits per heavy atom. The quantitative estimate of drug-likeness (QED) is 0.866. The van der Waals surface area contributed by atoms with Crippen LogP contribution in [0.2, 0.25) is 0 Å². The number of carboxylic acids is 1. The van der Waals surface area contributed by atoms with Crippen molar-refractivity contribution in [2.45, 2.75) is 13.3 Å². The minimum Gasteiger partial charge on any atom is -0.478 e. The summed E-state index contributed by atoms with van der Waals surface area (Å²) < 4.78 is 0.900. The van der Waals surface area contributed by atoms with Gasteiger partial charge < -0.3 is 5.11 Å². The molecule has 2 nitrogen and oxygen atoms in total. The zero-order valence-electron chi connectivity index (χ0n) is 7.68. The number of rotatable bonds is 3. The number of carboxylic acid groups (broad SMARTS) is 1. The Bertz CT molecular complexity index is 361. The van der Waals surface area contributed by atoms with Crippen LogP contribution < -0.4 is 0 Å². The Morgan fingerprint density at radius 3 is 2.64 bits per heavy atom. The molecular weight excluding hydrogens is 312 g/mol. The van der Waals surface area contributed by atoms with Crippen LogP contribution in [0.15, 0.2) is 16.6 Å². The van der Waals surface area contributed by atoms with Crippen LogP contribution in [0.1, 0.15) is 21.5 Å². The summed E-state index contributed by atoms with van der Waals surface area (Å²) in [6.45, 7) is 1.81. The van der Waals surface area contributed by atoms with Gasteiger partial charge in [-0.15, -0.1) is 0 Å². The fraction of sp³-hybridized carbons (Fsp3) is 0.300. The normalized spacial score (nSPS) is 10.2. The van der Waals surface area contributed by atoms with Crippen LogP contribution in [-0.4, -0.2) is 16.4 Å². The molecule has 14 heavy (non-hydrogen) atoms. The molecule has 0 fully saturated rings. The van der Waals surface area contributed by atoms with Gasteiger partial charge in [-0.1, -0.05) is 37.9 Å². The number of aryl methyl sites for hydroxylation is 1. The van der Waals surface area contributed by atoms with Gasteiger partial charge in [0, 0.05) is 9.80 Å². The van der Waals surface area contributed by atoms with Gasteiger partial charge in [0.1, 0.15) is 0 Å². The summed E-state index contributed by atoms with van der Waals surface area (Å²) >= 11 is 6.77. The van der Waals surface area contributed by atoms with Gasteiger partial charge in [-0.2, -0.15) is 0 Å². The maximum absolute atomic E-state index is 10.8. The lowest BCUT2D eigenvalue weighted by atomic mass is 10.0. The molecule has 0 aromatic heterocycles. The minimum atomic E-state index is -0.881. The Hall–Kier alpha value is -0.350. The van der Waals surface area contributed by atoms with Crippen molar-refractivity contribution in [3.63, 3.8) is 0 Å². The fourth-order valence-corrected chi connectivity index (χ4v) is 2.24. The van der Waals surface area contributed by atoms with Crippen molar-refractivity contribution < 1.29 is 9.90 Å². The molecule has 0 aliphatic heterocycles. The van der Waals surface area contributed by atoms with E-state index in [1.807, 2.05) is 13.0 Å². The van der Waals surface area contributed by atoms with E-state index in [1.54, 1.807) is 6.07 Å². The second-order valence-corrected chi connectivity index (χ2v) is 4.54. The predicted molar refractivity (Wildman–Crippen MR) is 63.3 cm³/mol. The second-order valence-electron chi connectivity index (χ2n) is 2.96. The van der Waals surface area contributed by atoms with E-state index in [1.165, 1.54) is 0 Å². The zero-order valence-corrected chi connectivity index (χ0v) is 10.9. The van der Waals surface area contributed by atoms with Crippen LogP contribution in [0.4, 0.5) is 0 Å². The van der Waals surface area contributed by atoms with Crippen LogP contribution in [-0.2, 0) is 6.42 Å². The number of alkyl halides is 1. The predicted octanol–water partition coefficient (Wildman–Crippen LogP) is 3.39. The van der Waals surface area contributed by atoms with Gasteiger partial charge in [-0.3, -0.25) is 0 Å². The van der Waals surface area contributed by atoms with E-state index in [9.17, 15) is 4.79 Å². The minimum absolute atomic E-state index is 0.357. The first-order chi connectivity index (χ1) is 6.57. The van der Waals surface area contributed by atoms with Gasteiger partial charge in [-0.05, 0) is 30.5 Å². The molecule has 1 N–H and O–H groups in total. The van der Waals surface area contributed by atoms with Crippen molar-refractivity contribution in [1.29, 1.82) is 0 Å². The molecule has 0 saturated heterocycles. The molecule has 4 heteroatoms. The maximum atomic E-state index is 10.8. The van der Waals surface area contributed by atoms with Gasteiger partial charge in [0.2, 0.25) is 0 Å². The van der Waals surface area contributed by atoms with Crippen molar-refractivity contribution in [2.24, 2.45) is 0 Å². The summed E-state index contributed by atoms with van der Waals surface area (Å²) in [5, 5.41) is 9.75. The average molecular weight is 322 g/mol. The van der Waals surface area contributed by atoms with Crippen LogP contribution in [0.5, 0.6) is 0 Å². The molecule has 0 aliphatic rings. The maximum Gasteiger partial charge on any atom is 0.335 e. The first-order valence-electron chi connectivity index (χ1n) is 4.15. The summed E-state index contributed by atoms with van der Waals surface area (Å²) in [5.41, 5.74) is 2.27. The number of hydrogen-bond acceptors (Lipinski definition) is 1. The Morgan fingerprint density at radius 1 is 1.50 bits per heavy atom. The van der Waals surface area contributed by atoms with E-state index in [4.69, 9.17) is 5.11 Å². The zero-order chi connectivity index (χ0) is 10.7. The van der Waals surface area contributed by atoms with Gasteiger partial charge in [0.15, 0.2) is 0 Å². The summed E-state index contributed by atoms with van der Waals surface area (Å²) in [6.07, 6.45) is 0.890. The lowest BCUT2D eigenvalue weighted by Gasteiger charge is -2.08. The third-order valence-corrected chi connectivity index (χ3v) is 3.56. The number of aromatic carboxylic acids is 1. The molecular formula is C10H10Br2O2. The van der Waals surface area contributed by atoms with E-state index in [0.29, 0.717) is 5.56 Å². The van der Waals surface area contributed by atoms with E-state index in [2.05, 4.69) is 31.9 Å². The van der Waals surface area contributed by atoms with Gasteiger partial charge >= 0.3 is 5.97 Å². The topological polar surface area (TPSA) is 37.3 Å². The molecule has 0 amide bonds. The number of halogens is 2. The molecule has 0 radical (unpaired) electrons. The van der Waals surface area contributed by atoms with Crippen LogP contribution in [0, 0.1) is 6.92 Å². The Labute approximate surface area is 99.6 Å². The van der Waals surface area contributed by atoms with Crippen LogP contribution in [0.3, 0.4) is 0 Å². The Balaban J connectivity index is 3.19. The molecule has 1 aromatic rings. The SMILES string of the molecule is Cc1c(C(=O)O)ccc(CCBr)c1Br. The molecule has 0 heterocycles. The first-order valence-corrected chi connectivity index (χ1v) is 6.06. The average Bonchev–Trinajstić information content (AvgIpc) is 2.13. The third kappa shape index (κ3) is 2.36. The van der Waals surface area contributed by atoms with Gasteiger partial charge in [-0.25, -0.2) is 4.79 Å². The monoisotopic (exact) mass is 320 g/mol. The lowest BCUT2D eigenvalue weighted by molar-refractivity contribution is 0.0696. The highest BCUT2D eigenvalue weighted by Crippen LogP contribution is 2.25. The molecule has 1 rings (SSSR count). The largest absolute Gasteiger partial charge is 0.478 e. The lowest BCUT2D eigenvalue weighted by Crippen LogP contribution is -2.02. The third-order valence-electron chi connectivity index (χ3n) is 2.06. The highest BCUT2D eigenvalue weighted by Gasteiger charge is 2.11. The molecule has 76 valence electrons. The summed E-state index contributed by atoms with van der Waals surface area (Å²) in [4.78, 5) is 10.8. The molecule has 0 bridgehead atoms. The smallest absolute Gasteiger partial charge is 0.335 e. The Kier molecular flexibility index (Phi) is 4.13. The fourth-order valence-electron chi connectivity index (χ4n) is 1.27. The van der Waals surface area contributed by atoms with Crippen molar-refractivity contribution >= 4 is 37.8 Å². The van der Waals surface area contributed by atoms with E-state index >= 15 is 0 Å². The molecule has 0 saturated carbocycles. The van der Waals surface area contributed by atoms with Crippen molar-refractivity contribution in [3.8, 4) is 0 Å². The van der Waals surface area contributed by atoms with E-state index in [-0.39, 0.29) is 0 Å². The van der Waals surface area contributed by atoms with Gasteiger partial charge in [0.05, 0.1) is 5.56 Å². The summed E-state index contributed by atoms with van der Waals surface area (Å²) in [7, 11) is 0. The van der Waals surface area contributed by atoms with E-state index < -0.39 is 5.97 Å². The first kappa shape index (κ1) is 11.7. The summed E-state index contributed by atoms with van der Waals surface area (Å²) in [6, 6.07) is 3.50.